The van der Waals surface area contributed by atoms with Gasteiger partial charge in [-0.2, -0.15) is 0 Å². The SMILES string of the molecule is COc1cccc(C(=O)NCCN=C2NS(=O)(=O)c3ccccc32)c1. The molecular weight excluding hydrogens is 342 g/mol. The fourth-order valence-corrected chi connectivity index (χ4v) is 3.71. The summed E-state index contributed by atoms with van der Waals surface area (Å²) in [4.78, 5) is 16.5. The summed E-state index contributed by atoms with van der Waals surface area (Å²) < 4.78 is 31.5. The van der Waals surface area contributed by atoms with Crippen LogP contribution in [0.15, 0.2) is 58.4 Å². The molecule has 1 heterocycles. The number of ether oxygens (including phenoxy) is 1. The molecular formula is C17H17N3O4S. The number of hydrogen-bond donors (Lipinski definition) is 2. The number of rotatable bonds is 5. The van der Waals surface area contributed by atoms with Crippen molar-refractivity contribution in [3.8, 4) is 5.75 Å². The van der Waals surface area contributed by atoms with Crippen LogP contribution in [0.2, 0.25) is 0 Å². The van der Waals surface area contributed by atoms with E-state index in [0.29, 0.717) is 22.7 Å². The van der Waals surface area contributed by atoms with Crippen molar-refractivity contribution in [2.45, 2.75) is 4.90 Å². The van der Waals surface area contributed by atoms with Gasteiger partial charge in [-0.15, -0.1) is 0 Å². The maximum absolute atomic E-state index is 12.1. The Morgan fingerprint density at radius 1 is 1.20 bits per heavy atom. The van der Waals surface area contributed by atoms with Gasteiger partial charge in [-0.3, -0.25) is 14.5 Å². The summed E-state index contributed by atoms with van der Waals surface area (Å²) in [6.07, 6.45) is 0. The quantitative estimate of drug-likeness (QED) is 0.783. The Morgan fingerprint density at radius 2 is 2.00 bits per heavy atom. The number of hydrogen-bond acceptors (Lipinski definition) is 5. The summed E-state index contributed by atoms with van der Waals surface area (Å²) in [5, 5.41) is 2.74. The van der Waals surface area contributed by atoms with Crippen LogP contribution in [0.3, 0.4) is 0 Å². The molecule has 0 aromatic heterocycles. The van der Waals surface area contributed by atoms with Gasteiger partial charge in [0, 0.05) is 17.7 Å². The molecule has 0 saturated heterocycles. The van der Waals surface area contributed by atoms with Crippen LogP contribution in [0.4, 0.5) is 0 Å². The molecule has 0 atom stereocenters. The molecule has 25 heavy (non-hydrogen) atoms. The fraction of sp³-hybridized carbons (Fsp3) is 0.176. The van der Waals surface area contributed by atoms with Crippen LogP contribution in [0.1, 0.15) is 15.9 Å². The van der Waals surface area contributed by atoms with E-state index in [1.165, 1.54) is 13.2 Å². The number of amides is 1. The fourth-order valence-electron chi connectivity index (χ4n) is 2.45. The molecule has 1 amide bonds. The maximum Gasteiger partial charge on any atom is 0.263 e. The number of carbonyl (C=O) groups excluding carboxylic acids is 1. The van der Waals surface area contributed by atoms with Gasteiger partial charge in [-0.05, 0) is 30.3 Å². The second kappa shape index (κ2) is 6.94. The summed E-state index contributed by atoms with van der Waals surface area (Å²) in [6.45, 7) is 0.533. The number of methoxy groups -OCH3 is 1. The van der Waals surface area contributed by atoms with Crippen molar-refractivity contribution in [1.82, 2.24) is 10.0 Å². The Labute approximate surface area is 145 Å². The van der Waals surface area contributed by atoms with E-state index in [1.54, 1.807) is 42.5 Å². The number of fused-ring (bicyclic) bond motifs is 1. The number of nitrogens with zero attached hydrogens (tertiary/aromatic N) is 1. The minimum atomic E-state index is -3.54. The summed E-state index contributed by atoms with van der Waals surface area (Å²) in [5.41, 5.74) is 1.03. The molecule has 0 spiro atoms. The minimum Gasteiger partial charge on any atom is -0.497 e. The van der Waals surface area contributed by atoms with E-state index in [-0.39, 0.29) is 23.9 Å². The largest absolute Gasteiger partial charge is 0.497 e. The molecule has 7 nitrogen and oxygen atoms in total. The van der Waals surface area contributed by atoms with Gasteiger partial charge in [0.1, 0.15) is 11.6 Å². The normalized spacial score (nSPS) is 16.1. The molecule has 0 aliphatic carbocycles. The third-order valence-corrected chi connectivity index (χ3v) is 5.06. The molecule has 0 unspecified atom stereocenters. The van der Waals surface area contributed by atoms with E-state index in [9.17, 15) is 13.2 Å². The molecule has 0 radical (unpaired) electrons. The molecule has 0 bridgehead atoms. The van der Waals surface area contributed by atoms with Crippen LogP contribution in [0, 0.1) is 0 Å². The highest BCUT2D eigenvalue weighted by atomic mass is 32.2. The lowest BCUT2D eigenvalue weighted by Crippen LogP contribution is -2.27. The van der Waals surface area contributed by atoms with Gasteiger partial charge < -0.3 is 10.1 Å². The van der Waals surface area contributed by atoms with Gasteiger partial charge in [-0.1, -0.05) is 18.2 Å². The van der Waals surface area contributed by atoms with Gasteiger partial charge in [0.15, 0.2) is 0 Å². The summed E-state index contributed by atoms with van der Waals surface area (Å²) >= 11 is 0. The molecule has 2 aromatic rings. The highest BCUT2D eigenvalue weighted by molar-refractivity contribution is 7.90. The van der Waals surface area contributed by atoms with E-state index in [0.717, 1.165) is 0 Å². The van der Waals surface area contributed by atoms with Gasteiger partial charge in [0.25, 0.3) is 15.9 Å². The van der Waals surface area contributed by atoms with Crippen LogP contribution in [0.5, 0.6) is 5.75 Å². The van der Waals surface area contributed by atoms with Crippen LogP contribution in [-0.2, 0) is 10.0 Å². The van der Waals surface area contributed by atoms with Gasteiger partial charge in [-0.25, -0.2) is 8.42 Å². The first kappa shape index (κ1) is 17.0. The Hall–Kier alpha value is -2.87. The second-order valence-electron chi connectivity index (χ2n) is 5.32. The number of benzene rings is 2. The first-order valence-electron chi connectivity index (χ1n) is 7.60. The van der Waals surface area contributed by atoms with Crippen LogP contribution < -0.4 is 14.8 Å². The van der Waals surface area contributed by atoms with Crippen molar-refractivity contribution in [1.29, 1.82) is 0 Å². The molecule has 2 aromatic carbocycles. The van der Waals surface area contributed by atoms with Gasteiger partial charge in [0.05, 0.1) is 18.6 Å². The zero-order valence-corrected chi connectivity index (χ0v) is 14.3. The van der Waals surface area contributed by atoms with E-state index in [1.807, 2.05) is 0 Å². The van der Waals surface area contributed by atoms with E-state index in [4.69, 9.17) is 4.74 Å². The Morgan fingerprint density at radius 3 is 2.80 bits per heavy atom. The maximum atomic E-state index is 12.1. The molecule has 1 aliphatic heterocycles. The predicted octanol–water partition coefficient (Wildman–Crippen LogP) is 1.16. The lowest BCUT2D eigenvalue weighted by Gasteiger charge is -2.06. The molecule has 2 N–H and O–H groups in total. The minimum absolute atomic E-state index is 0.217. The second-order valence-corrected chi connectivity index (χ2v) is 6.97. The number of carbonyl (C=O) groups is 1. The van der Waals surface area contributed by atoms with Gasteiger partial charge in [0.2, 0.25) is 0 Å². The molecule has 130 valence electrons. The average molecular weight is 359 g/mol. The Bertz CT molecular complexity index is 938. The lowest BCUT2D eigenvalue weighted by molar-refractivity contribution is 0.0954. The molecule has 0 fully saturated rings. The van der Waals surface area contributed by atoms with Gasteiger partial charge >= 0.3 is 0 Å². The number of sulfonamides is 1. The summed E-state index contributed by atoms with van der Waals surface area (Å²) in [6, 6.07) is 13.5. The van der Waals surface area contributed by atoms with Crippen molar-refractivity contribution in [2.75, 3.05) is 20.2 Å². The third kappa shape index (κ3) is 3.63. The van der Waals surface area contributed by atoms with Crippen molar-refractivity contribution in [3.63, 3.8) is 0 Å². The smallest absolute Gasteiger partial charge is 0.263 e. The number of nitrogens with one attached hydrogen (secondary N) is 2. The van der Waals surface area contributed by atoms with Crippen molar-refractivity contribution in [3.05, 3.63) is 59.7 Å². The highest BCUT2D eigenvalue weighted by Gasteiger charge is 2.29. The molecule has 8 heteroatoms. The van der Waals surface area contributed by atoms with Crippen LogP contribution >= 0.6 is 0 Å². The monoisotopic (exact) mass is 359 g/mol. The molecule has 3 rings (SSSR count). The topological polar surface area (TPSA) is 96.9 Å². The number of amidine groups is 1. The molecule has 1 aliphatic rings. The number of aliphatic imine (C=N–C) groups is 1. The average Bonchev–Trinajstić information content (AvgIpc) is 2.89. The standard InChI is InChI=1S/C17H17N3O4S/c1-24-13-6-4-5-12(11-13)17(21)19-10-9-18-16-14-7-2-3-8-15(14)25(22,23)20-16/h2-8,11H,9-10H2,1H3,(H,18,20)(H,19,21). The zero-order chi connectivity index (χ0) is 17.9. The van der Waals surface area contributed by atoms with Crippen LogP contribution in [-0.4, -0.2) is 40.4 Å². The Kier molecular flexibility index (Phi) is 4.71. The van der Waals surface area contributed by atoms with Crippen molar-refractivity contribution >= 4 is 21.8 Å². The first-order chi connectivity index (χ1) is 12.0. The summed E-state index contributed by atoms with van der Waals surface area (Å²) in [5.74, 6) is 0.655. The van der Waals surface area contributed by atoms with Crippen molar-refractivity contribution < 1.29 is 17.9 Å². The lowest BCUT2D eigenvalue weighted by atomic mass is 10.2. The predicted molar refractivity (Wildman–Crippen MR) is 93.5 cm³/mol. The van der Waals surface area contributed by atoms with Crippen LogP contribution in [0.25, 0.3) is 0 Å². The zero-order valence-electron chi connectivity index (χ0n) is 13.5. The first-order valence-corrected chi connectivity index (χ1v) is 9.08. The Balaban J connectivity index is 1.62. The van der Waals surface area contributed by atoms with E-state index in [2.05, 4.69) is 15.0 Å². The van der Waals surface area contributed by atoms with Crippen molar-refractivity contribution in [2.24, 2.45) is 4.99 Å². The molecule has 0 saturated carbocycles. The van der Waals surface area contributed by atoms with E-state index < -0.39 is 10.0 Å². The highest BCUT2D eigenvalue weighted by Crippen LogP contribution is 2.21. The summed E-state index contributed by atoms with van der Waals surface area (Å²) in [7, 11) is -2.01. The third-order valence-electron chi connectivity index (χ3n) is 3.66. The van der Waals surface area contributed by atoms with E-state index >= 15 is 0 Å².